The lowest BCUT2D eigenvalue weighted by Crippen LogP contribution is -2.51. The Labute approximate surface area is 164 Å². The van der Waals surface area contributed by atoms with Gasteiger partial charge in [0.2, 0.25) is 11.9 Å². The van der Waals surface area contributed by atoms with E-state index >= 15 is 0 Å². The number of aliphatic hydroxyl groups excluding tert-OH is 1. The van der Waals surface area contributed by atoms with E-state index in [1.54, 1.807) is 24.5 Å². The molecule has 4 rings (SSSR count). The molecule has 1 aromatic carbocycles. The summed E-state index contributed by atoms with van der Waals surface area (Å²) in [6.07, 6.45) is -0.475. The number of nitrogens with one attached hydrogen (secondary N) is 1. The summed E-state index contributed by atoms with van der Waals surface area (Å²) in [5, 5.41) is 12.2. The fourth-order valence-corrected chi connectivity index (χ4v) is 2.98. The fraction of sp³-hybridized carbons (Fsp3) is 0.263. The average molecular weight is 402 g/mol. The summed E-state index contributed by atoms with van der Waals surface area (Å²) < 4.78 is 38.5. The maximum absolute atomic E-state index is 12.8. The molecule has 1 aliphatic rings. The Balaban J connectivity index is 1.56. The van der Waals surface area contributed by atoms with Crippen molar-refractivity contribution in [3.05, 3.63) is 54.1 Å². The van der Waals surface area contributed by atoms with Gasteiger partial charge in [0.25, 0.3) is 0 Å². The van der Waals surface area contributed by atoms with Crippen molar-refractivity contribution in [3.63, 3.8) is 0 Å². The van der Waals surface area contributed by atoms with E-state index in [4.69, 9.17) is 0 Å². The Morgan fingerprint density at radius 1 is 1.07 bits per heavy atom. The quantitative estimate of drug-likeness (QED) is 0.693. The summed E-state index contributed by atoms with van der Waals surface area (Å²) in [4.78, 5) is 17.9. The predicted octanol–water partition coefficient (Wildman–Crippen LogP) is 3.19. The number of aliphatic hydroxyl groups is 1. The molecule has 0 aliphatic carbocycles. The molecule has 0 unspecified atom stereocenters. The van der Waals surface area contributed by atoms with Gasteiger partial charge < -0.3 is 15.3 Å². The van der Waals surface area contributed by atoms with E-state index in [-0.39, 0.29) is 12.1 Å². The van der Waals surface area contributed by atoms with E-state index in [1.165, 1.54) is 0 Å². The lowest BCUT2D eigenvalue weighted by Gasteiger charge is -2.35. The predicted molar refractivity (Wildman–Crippen MR) is 101 cm³/mol. The number of alkyl halides is 3. The smallest absolute Gasteiger partial charge is 0.389 e. The van der Waals surface area contributed by atoms with Gasteiger partial charge in [0.15, 0.2) is 0 Å². The molecule has 150 valence electrons. The highest BCUT2D eigenvalue weighted by Gasteiger charge is 2.32. The molecule has 0 radical (unpaired) electrons. The van der Waals surface area contributed by atoms with Crippen LogP contribution in [0.1, 0.15) is 11.3 Å². The summed E-state index contributed by atoms with van der Waals surface area (Å²) in [6, 6.07) is 6.29. The lowest BCUT2D eigenvalue weighted by atomic mass is 10.1. The fourth-order valence-electron chi connectivity index (χ4n) is 2.98. The Hall–Kier alpha value is -3.27. The Bertz CT molecular complexity index is 1020. The van der Waals surface area contributed by atoms with Gasteiger partial charge in [0, 0.05) is 42.9 Å². The molecule has 1 fully saturated rings. The van der Waals surface area contributed by atoms with Crippen molar-refractivity contribution in [1.82, 2.24) is 19.9 Å². The molecule has 0 atom stereocenters. The normalized spacial score (nSPS) is 14.6. The van der Waals surface area contributed by atoms with Crippen LogP contribution in [0.2, 0.25) is 0 Å². The largest absolute Gasteiger partial charge is 0.433 e. The van der Waals surface area contributed by atoms with Crippen LogP contribution in [0.25, 0.3) is 11.1 Å². The number of hydrogen-bond donors (Lipinski definition) is 2. The zero-order valence-corrected chi connectivity index (χ0v) is 15.4. The molecule has 0 spiro atoms. The molecule has 3 heterocycles. The van der Waals surface area contributed by atoms with E-state index in [0.29, 0.717) is 24.7 Å². The molecule has 2 aromatic heterocycles. The summed E-state index contributed by atoms with van der Waals surface area (Å²) in [5.74, 6) is 0.404. The monoisotopic (exact) mass is 402 g/mol. The van der Waals surface area contributed by atoms with Crippen LogP contribution in [0.3, 0.4) is 0 Å². The number of anilines is 3. The van der Waals surface area contributed by atoms with E-state index in [9.17, 15) is 18.3 Å². The highest BCUT2D eigenvalue weighted by molar-refractivity contribution is 5.70. The van der Waals surface area contributed by atoms with Gasteiger partial charge in [-0.05, 0) is 36.2 Å². The van der Waals surface area contributed by atoms with Crippen LogP contribution < -0.4 is 10.2 Å². The Morgan fingerprint density at radius 2 is 1.79 bits per heavy atom. The minimum Gasteiger partial charge on any atom is -0.389 e. The molecule has 7 nitrogen and oxygen atoms in total. The maximum atomic E-state index is 12.8. The number of halogens is 3. The first-order valence-electron chi connectivity index (χ1n) is 8.82. The third kappa shape index (κ3) is 4.27. The van der Waals surface area contributed by atoms with Gasteiger partial charge in [0.1, 0.15) is 5.69 Å². The van der Waals surface area contributed by atoms with Crippen LogP contribution in [-0.2, 0) is 6.18 Å². The van der Waals surface area contributed by atoms with E-state index in [2.05, 4.69) is 25.3 Å². The van der Waals surface area contributed by atoms with Crippen molar-refractivity contribution < 1.29 is 18.3 Å². The van der Waals surface area contributed by atoms with Crippen molar-refractivity contribution in [1.29, 1.82) is 0 Å². The molecule has 10 heteroatoms. The van der Waals surface area contributed by atoms with Gasteiger partial charge in [-0.25, -0.2) is 19.9 Å². The highest BCUT2D eigenvalue weighted by Crippen LogP contribution is 2.29. The summed E-state index contributed by atoms with van der Waals surface area (Å²) >= 11 is 0. The van der Waals surface area contributed by atoms with Gasteiger partial charge in [-0.2, -0.15) is 13.2 Å². The van der Waals surface area contributed by atoms with Crippen molar-refractivity contribution in [2.45, 2.75) is 19.2 Å². The van der Waals surface area contributed by atoms with Crippen LogP contribution in [0.15, 0.2) is 42.9 Å². The molecule has 3 aromatic rings. The van der Waals surface area contributed by atoms with Crippen LogP contribution in [0.4, 0.5) is 30.8 Å². The summed E-state index contributed by atoms with van der Waals surface area (Å²) in [7, 11) is 0. The molecule has 0 bridgehead atoms. The second-order valence-electron chi connectivity index (χ2n) is 6.81. The van der Waals surface area contributed by atoms with Crippen molar-refractivity contribution in [2.24, 2.45) is 0 Å². The van der Waals surface area contributed by atoms with Crippen molar-refractivity contribution in [2.75, 3.05) is 23.3 Å². The third-order valence-corrected chi connectivity index (χ3v) is 4.40. The van der Waals surface area contributed by atoms with Gasteiger partial charge in [-0.15, -0.1) is 0 Å². The van der Waals surface area contributed by atoms with E-state index in [1.807, 2.05) is 17.9 Å². The number of aromatic nitrogens is 4. The lowest BCUT2D eigenvalue weighted by molar-refractivity contribution is -0.141. The first kappa shape index (κ1) is 19.1. The number of β-amino-alcohol motifs (C(OH)–C–C–N with tert-alkyl or cyclic N) is 1. The molecule has 1 aliphatic heterocycles. The molecule has 29 heavy (non-hydrogen) atoms. The summed E-state index contributed by atoms with van der Waals surface area (Å²) in [5.41, 5.74) is 1.99. The number of benzene rings is 1. The molecule has 0 saturated carbocycles. The minimum atomic E-state index is -4.54. The van der Waals surface area contributed by atoms with Gasteiger partial charge >= 0.3 is 6.18 Å². The number of nitrogens with zero attached hydrogens (tertiary/aromatic N) is 5. The highest BCUT2D eigenvalue weighted by atomic mass is 19.4. The maximum Gasteiger partial charge on any atom is 0.433 e. The first-order valence-corrected chi connectivity index (χ1v) is 8.82. The number of rotatable bonds is 4. The first-order chi connectivity index (χ1) is 13.8. The molecule has 0 amide bonds. The van der Waals surface area contributed by atoms with Crippen LogP contribution in [-0.4, -0.2) is 44.2 Å². The summed E-state index contributed by atoms with van der Waals surface area (Å²) in [6.45, 7) is 2.89. The molecule has 1 saturated heterocycles. The third-order valence-electron chi connectivity index (χ3n) is 4.40. The topological polar surface area (TPSA) is 87.1 Å². The minimum absolute atomic E-state index is 0.140. The van der Waals surface area contributed by atoms with Crippen molar-refractivity contribution in [3.8, 4) is 11.1 Å². The van der Waals surface area contributed by atoms with Gasteiger partial charge in [-0.1, -0.05) is 6.07 Å². The second kappa shape index (κ2) is 7.28. The van der Waals surface area contributed by atoms with Gasteiger partial charge in [0.05, 0.1) is 6.10 Å². The van der Waals surface area contributed by atoms with E-state index in [0.717, 1.165) is 29.0 Å². The SMILES string of the molecule is Cc1cc(Nc2nccc(C(F)(F)F)n2)cc(-c2cnc(N3CC(O)C3)nc2)c1. The number of aryl methyl sites for hydroxylation is 1. The molecule has 2 N–H and O–H groups in total. The number of hydrogen-bond acceptors (Lipinski definition) is 7. The second-order valence-corrected chi connectivity index (χ2v) is 6.81. The van der Waals surface area contributed by atoms with Crippen LogP contribution in [0, 0.1) is 6.92 Å². The van der Waals surface area contributed by atoms with Crippen molar-refractivity contribution >= 4 is 17.6 Å². The Kier molecular flexibility index (Phi) is 4.79. The standard InChI is InChI=1S/C19H17F3N6O/c1-11-4-12(13-7-24-18(25-8-13)28-9-15(29)10-28)6-14(5-11)26-17-23-3-2-16(27-17)19(20,21)22/h2-8,15,29H,9-10H2,1H3,(H,23,26,27). The Morgan fingerprint density at radius 3 is 2.45 bits per heavy atom. The van der Waals surface area contributed by atoms with Gasteiger partial charge in [-0.3, -0.25) is 0 Å². The zero-order chi connectivity index (χ0) is 20.6. The van der Waals surface area contributed by atoms with Crippen LogP contribution in [0.5, 0.6) is 0 Å². The average Bonchev–Trinajstić information content (AvgIpc) is 2.65. The molecular weight excluding hydrogens is 385 g/mol. The van der Waals surface area contributed by atoms with E-state index < -0.39 is 11.9 Å². The molecular formula is C19H17F3N6O. The van der Waals surface area contributed by atoms with Crippen LogP contribution >= 0.6 is 0 Å². The zero-order valence-electron chi connectivity index (χ0n) is 15.4.